The van der Waals surface area contributed by atoms with Gasteiger partial charge in [-0.15, -0.1) is 0 Å². The van der Waals surface area contributed by atoms with Crippen LogP contribution in [0, 0.1) is 6.07 Å². The molecule has 0 aliphatic carbocycles. The first-order chi connectivity index (χ1) is 10.4. The smallest absolute Gasteiger partial charge is 0.231 e. The van der Waals surface area contributed by atoms with Gasteiger partial charge in [0.1, 0.15) is 5.75 Å². The molecule has 1 nitrogen and oxygen atoms in total. The third-order valence-electron chi connectivity index (χ3n) is 3.51. The quantitative estimate of drug-likeness (QED) is 0.650. The third kappa shape index (κ3) is 3.61. The molecule has 3 rings (SSSR count). The van der Waals surface area contributed by atoms with E-state index < -0.39 is 9.76 Å². The van der Waals surface area contributed by atoms with Crippen LogP contribution in [0.1, 0.15) is 16.7 Å². The summed E-state index contributed by atoms with van der Waals surface area (Å²) in [5.41, 5.74) is 3.03. The first kappa shape index (κ1) is 13.7. The number of rotatable bonds is 5. The molecule has 0 aliphatic rings. The van der Waals surface area contributed by atoms with Gasteiger partial charge in [-0.25, -0.2) is 0 Å². The molecule has 0 bridgehead atoms. The number of hydrogen-bond acceptors (Lipinski definition) is 1. The van der Waals surface area contributed by atoms with Crippen LogP contribution in [0.15, 0.2) is 84.9 Å². The Labute approximate surface area is 128 Å². The molecule has 0 spiro atoms. The van der Waals surface area contributed by atoms with Crippen molar-refractivity contribution in [3.63, 3.8) is 0 Å². The van der Waals surface area contributed by atoms with E-state index in [-0.39, 0.29) is 0 Å². The zero-order chi connectivity index (χ0) is 14.3. The molecule has 103 valence electrons. The molecule has 1 radical (unpaired) electrons. The molecule has 0 saturated carbocycles. The van der Waals surface area contributed by atoms with Crippen LogP contribution in [0.5, 0.6) is 5.75 Å². The Hall–Kier alpha value is -2.32. The summed E-state index contributed by atoms with van der Waals surface area (Å²) in [7, 11) is -0.783. The Balaban J connectivity index is 1.83. The van der Waals surface area contributed by atoms with Crippen LogP contribution in [-0.4, -0.2) is 9.76 Å². The van der Waals surface area contributed by atoms with Gasteiger partial charge < -0.3 is 4.43 Å². The van der Waals surface area contributed by atoms with Gasteiger partial charge in [-0.1, -0.05) is 72.8 Å². The van der Waals surface area contributed by atoms with E-state index in [0.717, 1.165) is 5.75 Å². The van der Waals surface area contributed by atoms with Crippen molar-refractivity contribution >= 4 is 9.76 Å². The molecule has 3 aromatic rings. The van der Waals surface area contributed by atoms with Gasteiger partial charge in [0.15, 0.2) is 0 Å². The van der Waals surface area contributed by atoms with E-state index >= 15 is 0 Å². The maximum atomic E-state index is 6.10. The molecule has 0 fully saturated rings. The van der Waals surface area contributed by atoms with Crippen molar-refractivity contribution in [1.29, 1.82) is 0 Å². The zero-order valence-corrected chi connectivity index (χ0v) is 13.2. The molecule has 0 saturated heterocycles. The molecule has 2 heteroatoms. The fraction of sp³-hybridized carbons (Fsp3) is 0.0526. The normalized spacial score (nSPS) is 11.1. The van der Waals surface area contributed by atoms with Gasteiger partial charge in [0, 0.05) is 5.54 Å². The molecule has 0 amide bonds. The van der Waals surface area contributed by atoms with Crippen LogP contribution < -0.4 is 4.43 Å². The molecule has 0 heterocycles. The topological polar surface area (TPSA) is 9.23 Å². The summed E-state index contributed by atoms with van der Waals surface area (Å²) < 4.78 is 6.10. The third-order valence-corrected chi connectivity index (χ3v) is 5.28. The number of benzene rings is 3. The molecular formula is C19H17OSi. The zero-order valence-electron chi connectivity index (χ0n) is 11.8. The van der Waals surface area contributed by atoms with Crippen molar-refractivity contribution in [3.05, 3.63) is 102 Å². The SMILES string of the molecule is [c]1ccc(O[SiH2]C(c2ccccc2)c2ccccc2)cc1. The van der Waals surface area contributed by atoms with Crippen LogP contribution in [0.2, 0.25) is 0 Å². The van der Waals surface area contributed by atoms with Crippen molar-refractivity contribution in [2.75, 3.05) is 0 Å². The Morgan fingerprint density at radius 2 is 1.24 bits per heavy atom. The van der Waals surface area contributed by atoms with Crippen LogP contribution in [-0.2, 0) is 0 Å². The van der Waals surface area contributed by atoms with Crippen molar-refractivity contribution < 1.29 is 4.43 Å². The Morgan fingerprint density at radius 3 is 1.76 bits per heavy atom. The maximum Gasteiger partial charge on any atom is 0.231 e. The second-order valence-corrected chi connectivity index (χ2v) is 6.36. The highest BCUT2D eigenvalue weighted by atomic mass is 28.2. The minimum absolute atomic E-state index is 0.372. The van der Waals surface area contributed by atoms with Gasteiger partial charge in [-0.2, -0.15) is 0 Å². The lowest BCUT2D eigenvalue weighted by molar-refractivity contribution is 0.584. The summed E-state index contributed by atoms with van der Waals surface area (Å²) in [6, 6.07) is 32.0. The highest BCUT2D eigenvalue weighted by Gasteiger charge is 2.15. The Morgan fingerprint density at radius 1 is 0.714 bits per heavy atom. The summed E-state index contributed by atoms with van der Waals surface area (Å²) in [5.74, 6) is 0.942. The van der Waals surface area contributed by atoms with Crippen LogP contribution >= 0.6 is 0 Å². The standard InChI is InChI=1S/C19H17OSi/c1-4-10-16(11-5-1)19(17-12-6-2-7-13-17)21-20-18-14-8-3-9-15-18/h1-2,4-15,19H,21H2. The maximum absolute atomic E-state index is 6.10. The first-order valence-electron chi connectivity index (χ1n) is 7.12. The van der Waals surface area contributed by atoms with Crippen molar-refractivity contribution in [2.24, 2.45) is 0 Å². The minimum atomic E-state index is -0.783. The largest absolute Gasteiger partial charge is 0.548 e. The first-order valence-corrected chi connectivity index (χ1v) is 8.51. The van der Waals surface area contributed by atoms with E-state index in [0.29, 0.717) is 5.54 Å². The van der Waals surface area contributed by atoms with E-state index in [2.05, 4.69) is 66.7 Å². The number of hydrogen-bond donors (Lipinski definition) is 0. The van der Waals surface area contributed by atoms with E-state index in [1.165, 1.54) is 11.1 Å². The summed E-state index contributed by atoms with van der Waals surface area (Å²) in [4.78, 5) is 0. The lowest BCUT2D eigenvalue weighted by Gasteiger charge is -2.18. The predicted octanol–water partition coefficient (Wildman–Crippen LogP) is 3.74. The Bertz CT molecular complexity index is 613. The summed E-state index contributed by atoms with van der Waals surface area (Å²) in [6.45, 7) is 0. The van der Waals surface area contributed by atoms with Crippen LogP contribution in [0.25, 0.3) is 0 Å². The monoisotopic (exact) mass is 289 g/mol. The molecule has 0 unspecified atom stereocenters. The average molecular weight is 289 g/mol. The fourth-order valence-electron chi connectivity index (χ4n) is 2.40. The minimum Gasteiger partial charge on any atom is -0.548 e. The van der Waals surface area contributed by atoms with Gasteiger partial charge in [-0.3, -0.25) is 0 Å². The highest BCUT2D eigenvalue weighted by Crippen LogP contribution is 2.24. The molecule has 0 aliphatic heterocycles. The van der Waals surface area contributed by atoms with Gasteiger partial charge >= 0.3 is 0 Å². The Kier molecular flexibility index (Phi) is 4.49. The summed E-state index contributed by atoms with van der Waals surface area (Å²) in [5, 5.41) is 0. The molecule has 0 N–H and O–H groups in total. The van der Waals surface area contributed by atoms with Gasteiger partial charge in [0.25, 0.3) is 0 Å². The molecule has 21 heavy (non-hydrogen) atoms. The second kappa shape index (κ2) is 6.91. The van der Waals surface area contributed by atoms with Crippen molar-refractivity contribution in [2.45, 2.75) is 5.54 Å². The van der Waals surface area contributed by atoms with Crippen LogP contribution in [0.4, 0.5) is 0 Å². The summed E-state index contributed by atoms with van der Waals surface area (Å²) >= 11 is 0. The highest BCUT2D eigenvalue weighted by molar-refractivity contribution is 6.32. The molecular weight excluding hydrogens is 272 g/mol. The molecule has 0 aromatic heterocycles. The van der Waals surface area contributed by atoms with E-state index in [9.17, 15) is 0 Å². The van der Waals surface area contributed by atoms with Gasteiger partial charge in [-0.05, 0) is 29.3 Å². The van der Waals surface area contributed by atoms with Crippen molar-refractivity contribution in [3.8, 4) is 5.75 Å². The fourth-order valence-corrected chi connectivity index (χ4v) is 3.88. The van der Waals surface area contributed by atoms with Gasteiger partial charge in [0.05, 0.1) is 0 Å². The lowest BCUT2D eigenvalue weighted by Crippen LogP contribution is -2.16. The molecule has 3 aromatic carbocycles. The van der Waals surface area contributed by atoms with Crippen LogP contribution in [0.3, 0.4) is 0 Å². The second-order valence-electron chi connectivity index (χ2n) is 4.92. The van der Waals surface area contributed by atoms with E-state index in [1.54, 1.807) is 0 Å². The van der Waals surface area contributed by atoms with E-state index in [1.807, 2.05) is 24.3 Å². The average Bonchev–Trinajstić information content (AvgIpc) is 2.58. The predicted molar refractivity (Wildman–Crippen MR) is 89.2 cm³/mol. The molecule has 0 atom stereocenters. The van der Waals surface area contributed by atoms with Gasteiger partial charge in [0.2, 0.25) is 9.76 Å². The van der Waals surface area contributed by atoms with Crippen molar-refractivity contribution in [1.82, 2.24) is 0 Å². The van der Waals surface area contributed by atoms with E-state index in [4.69, 9.17) is 4.43 Å². The lowest BCUT2D eigenvalue weighted by atomic mass is 10.0. The summed E-state index contributed by atoms with van der Waals surface area (Å²) in [6.07, 6.45) is 0.